The Balaban J connectivity index is 3.09. The predicted octanol–water partition coefficient (Wildman–Crippen LogP) is 1.39. The lowest BCUT2D eigenvalue weighted by molar-refractivity contribution is -0.419. The van der Waals surface area contributed by atoms with Crippen LogP contribution in [0.4, 0.5) is 5.69 Å². The number of rotatable bonds is 4. The maximum atomic E-state index is 11.1. The second kappa shape index (κ2) is 5.53. The van der Waals surface area contributed by atoms with Crippen LogP contribution >= 0.6 is 0 Å². The summed E-state index contributed by atoms with van der Waals surface area (Å²) in [6.45, 7) is 0. The highest BCUT2D eigenvalue weighted by atomic mass is 16.6. The number of methoxy groups -OCH3 is 1. The van der Waals surface area contributed by atoms with Gasteiger partial charge in [-0.3, -0.25) is 20.2 Å². The van der Waals surface area contributed by atoms with Gasteiger partial charge in [-0.2, -0.15) is 0 Å². The van der Waals surface area contributed by atoms with E-state index in [1.54, 1.807) is 0 Å². The summed E-state index contributed by atoms with van der Waals surface area (Å²) in [5.74, 6) is -1.08. The van der Waals surface area contributed by atoms with Gasteiger partial charge < -0.3 is 4.74 Å². The third-order valence-corrected chi connectivity index (χ3v) is 2.00. The number of ether oxygens (including phenoxy) is 1. The maximum Gasteiger partial charge on any atom is 0.409 e. The first kappa shape index (κ1) is 13.3. The molecular weight excluding hydrogens is 244 g/mol. The van der Waals surface area contributed by atoms with E-state index in [9.17, 15) is 25.0 Å². The Hall–Kier alpha value is -2.77. The minimum atomic E-state index is -1.08. The van der Waals surface area contributed by atoms with Crippen molar-refractivity contribution >= 4 is 17.7 Å². The molecule has 0 aliphatic rings. The molecule has 0 aliphatic heterocycles. The number of hydrogen-bond acceptors (Lipinski definition) is 6. The Morgan fingerprint density at radius 1 is 1.22 bits per heavy atom. The van der Waals surface area contributed by atoms with Gasteiger partial charge in [0, 0.05) is 18.2 Å². The van der Waals surface area contributed by atoms with Crippen LogP contribution < -0.4 is 0 Å². The number of hydrogen-bond donors (Lipinski definition) is 0. The number of esters is 1. The Labute approximate surface area is 101 Å². The number of nitrogens with zero attached hydrogens (tertiary/aromatic N) is 2. The monoisotopic (exact) mass is 252 g/mol. The first-order chi connectivity index (χ1) is 8.45. The first-order valence-corrected chi connectivity index (χ1v) is 4.64. The van der Waals surface area contributed by atoms with Gasteiger partial charge in [-0.15, -0.1) is 0 Å². The van der Waals surface area contributed by atoms with Crippen molar-refractivity contribution in [3.8, 4) is 0 Å². The highest BCUT2D eigenvalue weighted by molar-refractivity contribution is 5.90. The van der Waals surface area contributed by atoms with E-state index >= 15 is 0 Å². The number of benzene rings is 1. The van der Waals surface area contributed by atoms with Crippen LogP contribution in [0.3, 0.4) is 0 Å². The predicted molar refractivity (Wildman–Crippen MR) is 60.1 cm³/mol. The molecule has 0 heterocycles. The molecule has 0 aliphatic carbocycles. The molecule has 8 nitrogen and oxygen atoms in total. The minimum absolute atomic E-state index is 0.145. The zero-order valence-electron chi connectivity index (χ0n) is 9.23. The molecule has 0 saturated heterocycles. The van der Waals surface area contributed by atoms with Crippen molar-refractivity contribution in [1.29, 1.82) is 0 Å². The Bertz CT molecular complexity index is 520. The van der Waals surface area contributed by atoms with Crippen molar-refractivity contribution < 1.29 is 19.4 Å². The summed E-state index contributed by atoms with van der Waals surface area (Å²) in [7, 11) is 1.02. The summed E-state index contributed by atoms with van der Waals surface area (Å²) in [5.41, 5.74) is -0.600. The first-order valence-electron chi connectivity index (χ1n) is 4.64. The smallest absolute Gasteiger partial charge is 0.409 e. The van der Waals surface area contributed by atoms with E-state index in [1.807, 2.05) is 0 Å². The topological polar surface area (TPSA) is 113 Å². The van der Waals surface area contributed by atoms with Crippen molar-refractivity contribution in [3.63, 3.8) is 0 Å². The second-order valence-corrected chi connectivity index (χ2v) is 3.13. The average molecular weight is 252 g/mol. The lowest BCUT2D eigenvalue weighted by Gasteiger charge is -1.97. The van der Waals surface area contributed by atoms with Gasteiger partial charge in [0.1, 0.15) is 0 Å². The number of nitro groups is 2. The van der Waals surface area contributed by atoms with Gasteiger partial charge in [-0.05, 0) is 17.7 Å². The van der Waals surface area contributed by atoms with Gasteiger partial charge >= 0.3 is 11.7 Å². The largest absolute Gasteiger partial charge is 0.461 e. The Morgan fingerprint density at radius 2 is 1.78 bits per heavy atom. The summed E-state index contributed by atoms with van der Waals surface area (Å²) in [4.78, 5) is 30.6. The maximum absolute atomic E-state index is 11.1. The van der Waals surface area contributed by atoms with Crippen molar-refractivity contribution in [2.24, 2.45) is 0 Å². The van der Waals surface area contributed by atoms with Gasteiger partial charge in [-0.1, -0.05) is 0 Å². The molecule has 0 fully saturated rings. The fourth-order valence-electron chi connectivity index (χ4n) is 1.14. The molecule has 94 valence electrons. The summed E-state index contributed by atoms with van der Waals surface area (Å²) >= 11 is 0. The van der Waals surface area contributed by atoms with Crippen LogP contribution in [0.1, 0.15) is 5.56 Å². The molecule has 0 aromatic heterocycles. The minimum Gasteiger partial charge on any atom is -0.461 e. The molecule has 1 aromatic rings. The Morgan fingerprint density at radius 3 is 2.17 bits per heavy atom. The van der Waals surface area contributed by atoms with Crippen molar-refractivity contribution in [2.45, 2.75) is 0 Å². The van der Waals surface area contributed by atoms with E-state index in [1.165, 1.54) is 24.3 Å². The van der Waals surface area contributed by atoms with Gasteiger partial charge in [0.2, 0.25) is 0 Å². The van der Waals surface area contributed by atoms with Gasteiger partial charge in [0.05, 0.1) is 17.0 Å². The standard InChI is InChI=1S/C10H8N2O6/c1-18-10(13)9(12(16)17)6-7-2-4-8(5-3-7)11(14)15/h2-6H,1H3/b9-6+. The number of carbonyl (C=O) groups excluding carboxylic acids is 1. The fourth-order valence-corrected chi connectivity index (χ4v) is 1.14. The quantitative estimate of drug-likeness (QED) is 0.346. The third-order valence-electron chi connectivity index (χ3n) is 2.00. The Kier molecular flexibility index (Phi) is 4.08. The molecule has 0 unspecified atom stereocenters. The molecule has 0 radical (unpaired) electrons. The molecule has 0 spiro atoms. The van der Waals surface area contributed by atoms with Gasteiger partial charge in [-0.25, -0.2) is 4.79 Å². The molecule has 0 bridgehead atoms. The van der Waals surface area contributed by atoms with Crippen LogP contribution in [0, 0.1) is 20.2 Å². The molecular formula is C10H8N2O6. The summed E-state index contributed by atoms with van der Waals surface area (Å²) in [6.07, 6.45) is 0.982. The van der Waals surface area contributed by atoms with E-state index in [0.717, 1.165) is 13.2 Å². The zero-order valence-corrected chi connectivity index (χ0v) is 9.23. The fraction of sp³-hybridized carbons (Fsp3) is 0.100. The normalized spacial score (nSPS) is 10.8. The highest BCUT2D eigenvalue weighted by Crippen LogP contribution is 2.15. The second-order valence-electron chi connectivity index (χ2n) is 3.13. The van der Waals surface area contributed by atoms with Crippen LogP contribution in [0.5, 0.6) is 0 Å². The van der Waals surface area contributed by atoms with E-state index in [0.29, 0.717) is 0 Å². The SMILES string of the molecule is COC(=O)/C(=C\c1ccc([N+](=O)[O-])cc1)[N+](=O)[O-]. The molecule has 1 aromatic carbocycles. The van der Waals surface area contributed by atoms with E-state index in [2.05, 4.69) is 4.74 Å². The average Bonchev–Trinajstić information content (AvgIpc) is 2.35. The van der Waals surface area contributed by atoms with Crippen LogP contribution in [-0.4, -0.2) is 22.9 Å². The van der Waals surface area contributed by atoms with E-state index < -0.39 is 21.5 Å². The molecule has 0 amide bonds. The number of non-ortho nitro benzene ring substituents is 1. The number of carbonyl (C=O) groups is 1. The summed E-state index contributed by atoms with van der Waals surface area (Å²) in [5, 5.41) is 21.0. The van der Waals surface area contributed by atoms with Gasteiger partial charge in [0.15, 0.2) is 0 Å². The third kappa shape index (κ3) is 3.11. The lowest BCUT2D eigenvalue weighted by Crippen LogP contribution is -2.12. The van der Waals surface area contributed by atoms with Crippen LogP contribution in [0.2, 0.25) is 0 Å². The zero-order chi connectivity index (χ0) is 13.7. The summed E-state index contributed by atoms with van der Waals surface area (Å²) < 4.78 is 4.25. The summed E-state index contributed by atoms with van der Waals surface area (Å²) in [6, 6.07) is 4.95. The van der Waals surface area contributed by atoms with Gasteiger partial charge in [0.25, 0.3) is 5.69 Å². The van der Waals surface area contributed by atoms with Crippen molar-refractivity contribution in [2.75, 3.05) is 7.11 Å². The molecule has 18 heavy (non-hydrogen) atoms. The highest BCUT2D eigenvalue weighted by Gasteiger charge is 2.22. The lowest BCUT2D eigenvalue weighted by atomic mass is 10.2. The van der Waals surface area contributed by atoms with Crippen LogP contribution in [0.25, 0.3) is 6.08 Å². The molecule has 8 heteroatoms. The molecule has 0 saturated carbocycles. The van der Waals surface area contributed by atoms with E-state index in [-0.39, 0.29) is 11.3 Å². The van der Waals surface area contributed by atoms with E-state index in [4.69, 9.17) is 0 Å². The number of nitro benzene ring substituents is 1. The van der Waals surface area contributed by atoms with Crippen LogP contribution in [0.15, 0.2) is 30.0 Å². The molecule has 0 N–H and O–H groups in total. The van der Waals surface area contributed by atoms with Crippen LogP contribution in [-0.2, 0) is 9.53 Å². The van der Waals surface area contributed by atoms with Crippen molar-refractivity contribution in [1.82, 2.24) is 0 Å². The van der Waals surface area contributed by atoms with Crippen molar-refractivity contribution in [3.05, 3.63) is 55.8 Å². The molecule has 0 atom stereocenters. The molecule has 1 rings (SSSR count).